The van der Waals surface area contributed by atoms with E-state index in [-0.39, 0.29) is 175 Å². The average Bonchev–Trinajstić information content (AvgIpc) is 3.08. The van der Waals surface area contributed by atoms with E-state index in [1.165, 1.54) is 12.1 Å². The second-order valence-electron chi connectivity index (χ2n) is 6.94. The quantitative estimate of drug-likeness (QED) is 0.150. The molecular formula is C20H2Br4Cl4K2O5. The van der Waals surface area contributed by atoms with Gasteiger partial charge in [0.25, 0.3) is 0 Å². The molecule has 0 radical (unpaired) electrons. The van der Waals surface area contributed by atoms with Crippen LogP contribution in [-0.4, -0.2) is 5.97 Å². The van der Waals surface area contributed by atoms with E-state index in [0.29, 0.717) is 0 Å². The molecule has 170 valence electrons. The van der Waals surface area contributed by atoms with E-state index in [0.717, 1.165) is 0 Å². The molecule has 0 N–H and O–H groups in total. The van der Waals surface area contributed by atoms with Crippen LogP contribution in [0.3, 0.4) is 0 Å². The smallest absolute Gasteiger partial charge is 0.871 e. The van der Waals surface area contributed by atoms with Gasteiger partial charge in [-0.1, -0.05) is 89.8 Å². The normalized spacial score (nSPS) is 14.2. The second kappa shape index (κ2) is 11.6. The van der Waals surface area contributed by atoms with Crippen LogP contribution in [0.4, 0.5) is 0 Å². The average molecular weight is 862 g/mol. The van der Waals surface area contributed by atoms with E-state index in [1.807, 2.05) is 0 Å². The van der Waals surface area contributed by atoms with Crippen molar-refractivity contribution in [3.05, 3.63) is 72.4 Å². The third-order valence-electron chi connectivity index (χ3n) is 5.29. The fraction of sp³-hybridized carbons (Fsp3) is 0.0500. The number of hydrogen-bond donors (Lipinski definition) is 0. The number of rotatable bonds is 0. The summed E-state index contributed by atoms with van der Waals surface area (Å²) in [5.74, 6) is -1.63. The molecule has 1 spiro atoms. The van der Waals surface area contributed by atoms with E-state index in [2.05, 4.69) is 63.7 Å². The van der Waals surface area contributed by atoms with Gasteiger partial charge in [0.1, 0.15) is 11.5 Å². The van der Waals surface area contributed by atoms with Crippen LogP contribution in [0, 0.1) is 0 Å². The summed E-state index contributed by atoms with van der Waals surface area (Å²) in [7, 11) is 0. The van der Waals surface area contributed by atoms with E-state index in [4.69, 9.17) is 55.9 Å². The number of carbonyl (C=O) groups is 1. The summed E-state index contributed by atoms with van der Waals surface area (Å²) < 4.78 is 12.4. The predicted molar refractivity (Wildman–Crippen MR) is 134 cm³/mol. The van der Waals surface area contributed by atoms with Gasteiger partial charge in [-0.15, -0.1) is 0 Å². The molecular weight excluding hydrogens is 860 g/mol. The molecule has 5 rings (SSSR count). The monoisotopic (exact) mass is 855 g/mol. The summed E-state index contributed by atoms with van der Waals surface area (Å²) in [4.78, 5) is 13.2. The van der Waals surface area contributed by atoms with Crippen molar-refractivity contribution in [2.24, 2.45) is 0 Å². The van der Waals surface area contributed by atoms with Crippen molar-refractivity contribution in [2.75, 3.05) is 0 Å². The zero-order valence-electron chi connectivity index (χ0n) is 17.2. The molecule has 3 aromatic carbocycles. The Labute approximate surface area is 337 Å². The molecule has 2 heterocycles. The minimum Gasteiger partial charge on any atom is -0.871 e. The number of halogens is 8. The minimum absolute atomic E-state index is 0. The Morgan fingerprint density at radius 3 is 1.63 bits per heavy atom. The largest absolute Gasteiger partial charge is 1.00 e. The summed E-state index contributed by atoms with van der Waals surface area (Å²) in [6.45, 7) is 0. The van der Waals surface area contributed by atoms with Crippen LogP contribution < -0.4 is 118 Å². The van der Waals surface area contributed by atoms with Gasteiger partial charge in [0.2, 0.25) is 0 Å². The zero-order chi connectivity index (χ0) is 24.1. The number of fused-ring (bicyclic) bond motifs is 6. The molecule has 0 amide bonds. The molecule has 5 nitrogen and oxygen atoms in total. The molecule has 3 aromatic rings. The number of ether oxygens (including phenoxy) is 2. The van der Waals surface area contributed by atoms with Crippen LogP contribution in [-0.2, 0) is 10.3 Å². The van der Waals surface area contributed by atoms with Gasteiger partial charge in [0.05, 0.1) is 34.6 Å². The standard InChI is InChI=1S/C20H4Br4Cl4O5.2K/c21-5-1-3-17(9(23)15(5)29)32-18-4(2-6(22)16(30)10(18)24)20(3)8-7(19(31)33-20)11(25)13(27)14(28)12(8)26;;/h1-2,29-30H;;/q;2*+1/p-2. The summed E-state index contributed by atoms with van der Waals surface area (Å²) in [6.07, 6.45) is 0. The van der Waals surface area contributed by atoms with Crippen molar-refractivity contribution >= 4 is 116 Å². The molecule has 0 aromatic heterocycles. The maximum Gasteiger partial charge on any atom is 1.00 e. The Morgan fingerprint density at radius 1 is 0.743 bits per heavy atom. The van der Waals surface area contributed by atoms with Crippen molar-refractivity contribution in [3.8, 4) is 23.0 Å². The first kappa shape index (κ1) is 32.4. The maximum atomic E-state index is 13.2. The fourth-order valence-electron chi connectivity index (χ4n) is 3.91. The molecule has 0 atom stereocenters. The van der Waals surface area contributed by atoms with Crippen molar-refractivity contribution in [2.45, 2.75) is 5.60 Å². The molecule has 0 fully saturated rings. The summed E-state index contributed by atoms with van der Waals surface area (Å²) in [6, 6.07) is 2.90. The van der Waals surface area contributed by atoms with E-state index in [1.54, 1.807) is 0 Å². The molecule has 2 aliphatic rings. The van der Waals surface area contributed by atoms with E-state index >= 15 is 0 Å². The number of esters is 1. The Bertz CT molecular complexity index is 1410. The molecule has 2 aliphatic heterocycles. The molecule has 0 aliphatic carbocycles. The maximum absolute atomic E-state index is 13.2. The predicted octanol–water partition coefficient (Wildman–Crippen LogP) is 2.07. The van der Waals surface area contributed by atoms with Gasteiger partial charge >= 0.3 is 109 Å². The Morgan fingerprint density at radius 2 is 1.17 bits per heavy atom. The second-order valence-corrected chi connectivity index (χ2v) is 11.7. The first-order valence-electron chi connectivity index (χ1n) is 8.60. The Hall–Kier alpha value is 2.88. The van der Waals surface area contributed by atoms with Gasteiger partial charge in [0, 0.05) is 25.6 Å². The SMILES string of the molecule is O=C1OC2(c3cc(Br)c([O-])c(Br)c3Oc3c2cc(Br)c([O-])c3Br)c2c(Cl)c(Cl)c(Cl)c(Cl)c21.[K+].[K+]. The Balaban J connectivity index is 0.00000171. The molecule has 0 bridgehead atoms. The summed E-state index contributed by atoms with van der Waals surface area (Å²) in [5, 5.41) is 24.9. The molecule has 0 saturated carbocycles. The van der Waals surface area contributed by atoms with E-state index < -0.39 is 23.1 Å². The van der Waals surface area contributed by atoms with Crippen molar-refractivity contribution in [1.82, 2.24) is 0 Å². The molecule has 0 saturated heterocycles. The van der Waals surface area contributed by atoms with Crippen LogP contribution in [0.5, 0.6) is 23.0 Å². The Kier molecular flexibility index (Phi) is 10.8. The summed E-state index contributed by atoms with van der Waals surface area (Å²) in [5.41, 5.74) is -1.27. The number of benzene rings is 3. The number of carbonyl (C=O) groups excluding carboxylic acids is 1. The van der Waals surface area contributed by atoms with Gasteiger partial charge < -0.3 is 19.7 Å². The van der Waals surface area contributed by atoms with Gasteiger partial charge in [-0.2, -0.15) is 0 Å². The minimum atomic E-state index is -1.78. The molecule has 0 unspecified atom stereocenters. The first-order chi connectivity index (χ1) is 15.4. The van der Waals surface area contributed by atoms with Gasteiger partial charge in [-0.3, -0.25) is 0 Å². The van der Waals surface area contributed by atoms with Gasteiger partial charge in [-0.25, -0.2) is 4.79 Å². The van der Waals surface area contributed by atoms with Gasteiger partial charge in [0.15, 0.2) is 5.60 Å². The van der Waals surface area contributed by atoms with Crippen LogP contribution in [0.25, 0.3) is 0 Å². The van der Waals surface area contributed by atoms with Crippen LogP contribution in [0.1, 0.15) is 27.0 Å². The zero-order valence-corrected chi connectivity index (χ0v) is 32.8. The van der Waals surface area contributed by atoms with Crippen molar-refractivity contribution in [1.29, 1.82) is 0 Å². The van der Waals surface area contributed by atoms with Crippen LogP contribution in [0.15, 0.2) is 30.0 Å². The number of hydrogen-bond acceptors (Lipinski definition) is 5. The first-order valence-corrected chi connectivity index (χ1v) is 13.3. The summed E-state index contributed by atoms with van der Waals surface area (Å²) >= 11 is 38.6. The molecule has 15 heteroatoms. The fourth-order valence-corrected chi connectivity index (χ4v) is 7.38. The van der Waals surface area contributed by atoms with Gasteiger partial charge in [-0.05, 0) is 44.0 Å². The molecule has 35 heavy (non-hydrogen) atoms. The van der Waals surface area contributed by atoms with E-state index in [9.17, 15) is 15.0 Å². The topological polar surface area (TPSA) is 81.7 Å². The van der Waals surface area contributed by atoms with Crippen LogP contribution >= 0.6 is 110 Å². The van der Waals surface area contributed by atoms with Crippen molar-refractivity contribution in [3.63, 3.8) is 0 Å². The third-order valence-corrected chi connectivity index (χ3v) is 9.72. The van der Waals surface area contributed by atoms with Crippen LogP contribution in [0.2, 0.25) is 20.1 Å². The van der Waals surface area contributed by atoms with Crippen molar-refractivity contribution < 1.29 is 127 Å². The third kappa shape index (κ3) is 4.68.